The number of anilines is 1. The number of nitrogens with two attached hydrogens (primary N) is 1. The minimum atomic E-state index is 0.764. The lowest BCUT2D eigenvalue weighted by Crippen LogP contribution is -1.89. The summed E-state index contributed by atoms with van der Waals surface area (Å²) in [6, 6.07) is 1.79. The molecule has 3 heteroatoms. The van der Waals surface area contributed by atoms with Gasteiger partial charge in [-0.3, -0.25) is 4.98 Å². The van der Waals surface area contributed by atoms with Crippen molar-refractivity contribution in [2.45, 2.75) is 6.42 Å². The molecule has 2 nitrogen and oxygen atoms in total. The molecule has 0 aliphatic carbocycles. The third-order valence-corrected chi connectivity index (χ3v) is 1.74. The average Bonchev–Trinajstić information content (AvgIpc) is 2.09. The van der Waals surface area contributed by atoms with Crippen LogP contribution in [-0.2, 0) is 0 Å². The van der Waals surface area contributed by atoms with Crippen LogP contribution in [0, 0.1) is 0 Å². The molecule has 0 unspecified atom stereocenters. The lowest BCUT2D eigenvalue weighted by atomic mass is 10.2. The van der Waals surface area contributed by atoms with E-state index in [1.807, 2.05) is 12.2 Å². The van der Waals surface area contributed by atoms with Crippen LogP contribution in [0.25, 0.3) is 6.08 Å². The minimum absolute atomic E-state index is 0.764. The van der Waals surface area contributed by atoms with Crippen molar-refractivity contribution in [2.24, 2.45) is 0 Å². The van der Waals surface area contributed by atoms with Crippen LogP contribution in [0.1, 0.15) is 12.0 Å². The quantitative estimate of drug-likeness (QED) is 0.698. The predicted molar refractivity (Wildman–Crippen MR) is 56.2 cm³/mol. The zero-order valence-electron chi connectivity index (χ0n) is 6.77. The molecular weight excluding hydrogens is 168 g/mol. The Labute approximate surface area is 77.9 Å². The number of rotatable bonds is 3. The predicted octanol–water partition coefficient (Wildman–Crippen LogP) is 2.00. The average molecular weight is 180 g/mol. The topological polar surface area (TPSA) is 38.9 Å². The van der Waals surface area contributed by atoms with Crippen LogP contribution in [0.5, 0.6) is 0 Å². The first-order chi connectivity index (χ1) is 5.84. The fraction of sp³-hybridized carbons (Fsp3) is 0.222. The van der Waals surface area contributed by atoms with Crippen LogP contribution in [-0.4, -0.2) is 10.7 Å². The Balaban J connectivity index is 2.68. The van der Waals surface area contributed by atoms with Gasteiger partial charge in [0.2, 0.25) is 0 Å². The van der Waals surface area contributed by atoms with Crippen LogP contribution >= 0.6 is 12.6 Å². The lowest BCUT2D eigenvalue weighted by Gasteiger charge is -1.96. The van der Waals surface area contributed by atoms with Gasteiger partial charge < -0.3 is 5.73 Å². The van der Waals surface area contributed by atoms with Crippen molar-refractivity contribution in [3.8, 4) is 0 Å². The fourth-order valence-electron chi connectivity index (χ4n) is 0.842. The summed E-state index contributed by atoms with van der Waals surface area (Å²) in [5.41, 5.74) is 7.43. The Hall–Kier alpha value is -0.960. The lowest BCUT2D eigenvalue weighted by molar-refractivity contribution is 1.26. The van der Waals surface area contributed by atoms with Gasteiger partial charge in [-0.15, -0.1) is 0 Å². The Morgan fingerprint density at radius 2 is 2.42 bits per heavy atom. The highest BCUT2D eigenvalue weighted by molar-refractivity contribution is 7.80. The molecule has 0 amide bonds. The van der Waals surface area contributed by atoms with E-state index in [0.29, 0.717) is 0 Å². The van der Waals surface area contributed by atoms with Gasteiger partial charge in [0.05, 0.1) is 0 Å². The zero-order chi connectivity index (χ0) is 8.81. The van der Waals surface area contributed by atoms with Crippen LogP contribution in [0.15, 0.2) is 24.5 Å². The van der Waals surface area contributed by atoms with Gasteiger partial charge >= 0.3 is 0 Å². The molecule has 2 N–H and O–H groups in total. The van der Waals surface area contributed by atoms with Gasteiger partial charge in [0.1, 0.15) is 0 Å². The van der Waals surface area contributed by atoms with E-state index in [1.165, 1.54) is 0 Å². The molecule has 0 bridgehead atoms. The summed E-state index contributed by atoms with van der Waals surface area (Å²) in [6.45, 7) is 0. The molecule has 1 heterocycles. The molecule has 0 atom stereocenters. The molecule has 0 spiro atoms. The second kappa shape index (κ2) is 4.83. The van der Waals surface area contributed by atoms with Gasteiger partial charge in [0.25, 0.3) is 0 Å². The van der Waals surface area contributed by atoms with E-state index in [1.54, 1.807) is 18.5 Å². The maximum Gasteiger partial charge on any atom is 0.0418 e. The molecule has 1 aromatic heterocycles. The maximum atomic E-state index is 5.69. The number of thiol groups is 1. The van der Waals surface area contributed by atoms with E-state index in [2.05, 4.69) is 17.6 Å². The number of pyridine rings is 1. The molecule has 0 aliphatic heterocycles. The first-order valence-corrected chi connectivity index (χ1v) is 4.44. The standard InChI is InChI=1S/C9H12N2S/c10-9-4-5-11-7-8(9)3-1-2-6-12/h1,3-5,7,12H,2,6H2,(H2,10,11). The minimum Gasteiger partial charge on any atom is -0.398 e. The summed E-state index contributed by atoms with van der Waals surface area (Å²) >= 11 is 4.09. The van der Waals surface area contributed by atoms with Crippen molar-refractivity contribution in [3.63, 3.8) is 0 Å². The van der Waals surface area contributed by atoms with E-state index < -0.39 is 0 Å². The monoisotopic (exact) mass is 180 g/mol. The second-order valence-corrected chi connectivity index (χ2v) is 2.87. The second-order valence-electron chi connectivity index (χ2n) is 2.42. The van der Waals surface area contributed by atoms with Crippen LogP contribution < -0.4 is 5.73 Å². The van der Waals surface area contributed by atoms with Gasteiger partial charge in [-0.2, -0.15) is 12.6 Å². The van der Waals surface area contributed by atoms with Crippen LogP contribution in [0.3, 0.4) is 0 Å². The highest BCUT2D eigenvalue weighted by atomic mass is 32.1. The third kappa shape index (κ3) is 2.58. The largest absolute Gasteiger partial charge is 0.398 e. The van der Waals surface area contributed by atoms with Crippen LogP contribution in [0.2, 0.25) is 0 Å². The molecule has 0 aliphatic rings. The number of nitrogens with zero attached hydrogens (tertiary/aromatic N) is 1. The molecule has 0 aromatic carbocycles. The first-order valence-electron chi connectivity index (χ1n) is 3.81. The van der Waals surface area contributed by atoms with Gasteiger partial charge in [0, 0.05) is 23.6 Å². The smallest absolute Gasteiger partial charge is 0.0418 e. The zero-order valence-corrected chi connectivity index (χ0v) is 7.67. The van der Waals surface area contributed by atoms with Crippen molar-refractivity contribution in [1.82, 2.24) is 4.98 Å². The maximum absolute atomic E-state index is 5.69. The van der Waals surface area contributed by atoms with E-state index in [9.17, 15) is 0 Å². The number of aromatic nitrogens is 1. The molecule has 1 rings (SSSR count). The third-order valence-electron chi connectivity index (χ3n) is 1.48. The molecule has 64 valence electrons. The molecule has 12 heavy (non-hydrogen) atoms. The van der Waals surface area contributed by atoms with Gasteiger partial charge in [-0.05, 0) is 18.2 Å². The summed E-state index contributed by atoms with van der Waals surface area (Å²) in [4.78, 5) is 3.97. The number of hydrogen-bond acceptors (Lipinski definition) is 3. The van der Waals surface area contributed by atoms with Crippen molar-refractivity contribution in [1.29, 1.82) is 0 Å². The highest BCUT2D eigenvalue weighted by Crippen LogP contribution is 2.10. The van der Waals surface area contributed by atoms with Crippen molar-refractivity contribution < 1.29 is 0 Å². The fourth-order valence-corrected chi connectivity index (χ4v) is 0.991. The molecule has 0 saturated heterocycles. The van der Waals surface area contributed by atoms with Crippen LogP contribution in [0.4, 0.5) is 5.69 Å². The van der Waals surface area contributed by atoms with Gasteiger partial charge in [-0.1, -0.05) is 12.2 Å². The summed E-state index contributed by atoms with van der Waals surface area (Å²) < 4.78 is 0. The Bertz CT molecular complexity index is 271. The molecule has 0 saturated carbocycles. The Morgan fingerprint density at radius 1 is 1.58 bits per heavy atom. The summed E-state index contributed by atoms with van der Waals surface area (Å²) in [5.74, 6) is 0.858. The summed E-state index contributed by atoms with van der Waals surface area (Å²) in [7, 11) is 0. The summed E-state index contributed by atoms with van der Waals surface area (Å²) in [5, 5.41) is 0. The Kier molecular flexibility index (Phi) is 3.67. The Morgan fingerprint density at radius 3 is 3.08 bits per heavy atom. The summed E-state index contributed by atoms with van der Waals surface area (Å²) in [6.07, 6.45) is 8.41. The number of nitrogen functional groups attached to an aromatic ring is 1. The normalized spacial score (nSPS) is 10.8. The van der Waals surface area contributed by atoms with Gasteiger partial charge in [0.15, 0.2) is 0 Å². The first kappa shape index (κ1) is 9.13. The molecule has 1 aromatic rings. The molecule has 0 fully saturated rings. The highest BCUT2D eigenvalue weighted by Gasteiger charge is 1.90. The van der Waals surface area contributed by atoms with Crippen molar-refractivity contribution in [2.75, 3.05) is 11.5 Å². The molecule has 0 radical (unpaired) electrons. The van der Waals surface area contributed by atoms with Gasteiger partial charge in [-0.25, -0.2) is 0 Å². The SMILES string of the molecule is Nc1ccncc1C=CCCS. The van der Waals surface area contributed by atoms with Crippen molar-refractivity contribution >= 4 is 24.4 Å². The van der Waals surface area contributed by atoms with Crippen molar-refractivity contribution in [3.05, 3.63) is 30.1 Å². The van der Waals surface area contributed by atoms with E-state index in [0.717, 1.165) is 23.4 Å². The molecular formula is C9H12N2S. The van der Waals surface area contributed by atoms with E-state index in [4.69, 9.17) is 5.73 Å². The van der Waals surface area contributed by atoms with E-state index >= 15 is 0 Å². The number of allylic oxidation sites excluding steroid dienone is 1. The number of hydrogen-bond donors (Lipinski definition) is 2. The van der Waals surface area contributed by atoms with E-state index in [-0.39, 0.29) is 0 Å².